The second-order valence-corrected chi connectivity index (χ2v) is 7.65. The van der Waals surface area contributed by atoms with E-state index in [-0.39, 0.29) is 0 Å². The number of nitrogens with one attached hydrogen (secondary N) is 2. The van der Waals surface area contributed by atoms with Crippen molar-refractivity contribution in [2.75, 3.05) is 26.7 Å². The van der Waals surface area contributed by atoms with Crippen LogP contribution in [0.15, 0.2) is 0 Å². The topological polar surface area (TPSA) is 27.3 Å². The summed E-state index contributed by atoms with van der Waals surface area (Å²) >= 11 is 0. The van der Waals surface area contributed by atoms with E-state index in [9.17, 15) is 0 Å². The van der Waals surface area contributed by atoms with Crippen LogP contribution >= 0.6 is 0 Å². The smallest absolute Gasteiger partial charge is 0.0217 e. The second kappa shape index (κ2) is 7.94. The Morgan fingerprint density at radius 2 is 1.76 bits per heavy atom. The maximum Gasteiger partial charge on any atom is 0.0217 e. The van der Waals surface area contributed by atoms with Gasteiger partial charge in [-0.15, -0.1) is 0 Å². The van der Waals surface area contributed by atoms with E-state index < -0.39 is 0 Å². The molecule has 3 fully saturated rings. The lowest BCUT2D eigenvalue weighted by Crippen LogP contribution is -2.53. The van der Waals surface area contributed by atoms with E-state index in [0.717, 1.165) is 24.0 Å². The minimum atomic E-state index is 0.768. The Morgan fingerprint density at radius 3 is 2.57 bits per heavy atom. The van der Waals surface area contributed by atoms with E-state index in [0.29, 0.717) is 0 Å². The summed E-state index contributed by atoms with van der Waals surface area (Å²) in [5.74, 6) is 0.882. The zero-order valence-electron chi connectivity index (χ0n) is 13.9. The van der Waals surface area contributed by atoms with Crippen molar-refractivity contribution in [3.63, 3.8) is 0 Å². The van der Waals surface area contributed by atoms with Crippen LogP contribution in [0, 0.1) is 5.92 Å². The van der Waals surface area contributed by atoms with Gasteiger partial charge in [-0.2, -0.15) is 0 Å². The Morgan fingerprint density at radius 1 is 0.952 bits per heavy atom. The van der Waals surface area contributed by atoms with Crippen molar-refractivity contribution in [1.82, 2.24) is 15.5 Å². The van der Waals surface area contributed by atoms with Gasteiger partial charge < -0.3 is 15.5 Å². The van der Waals surface area contributed by atoms with Gasteiger partial charge in [0, 0.05) is 24.7 Å². The third-order valence-electron chi connectivity index (χ3n) is 6.22. The summed E-state index contributed by atoms with van der Waals surface area (Å²) in [6.45, 7) is 3.76. The summed E-state index contributed by atoms with van der Waals surface area (Å²) in [7, 11) is 2.31. The van der Waals surface area contributed by atoms with Crippen molar-refractivity contribution >= 4 is 0 Å². The first-order valence-electron chi connectivity index (χ1n) is 9.51. The molecule has 1 aliphatic carbocycles. The molecule has 2 N–H and O–H groups in total. The fraction of sp³-hybridized carbons (Fsp3) is 1.00. The van der Waals surface area contributed by atoms with Gasteiger partial charge >= 0.3 is 0 Å². The van der Waals surface area contributed by atoms with Gasteiger partial charge in [0.2, 0.25) is 0 Å². The standard InChI is InChI=1S/C18H35N3/c1-21-13-7-5-8-15(21)14-20-18-10-3-2-9-16(18)17-11-4-6-12-19-17/h15-20H,2-14H2,1H3. The van der Waals surface area contributed by atoms with Gasteiger partial charge in [0.25, 0.3) is 0 Å². The Labute approximate surface area is 131 Å². The molecule has 0 aromatic rings. The van der Waals surface area contributed by atoms with Crippen molar-refractivity contribution in [1.29, 1.82) is 0 Å². The lowest BCUT2D eigenvalue weighted by atomic mass is 9.77. The van der Waals surface area contributed by atoms with Gasteiger partial charge in [-0.3, -0.25) is 0 Å². The van der Waals surface area contributed by atoms with E-state index in [1.54, 1.807) is 0 Å². The lowest BCUT2D eigenvalue weighted by Gasteiger charge is -2.41. The minimum absolute atomic E-state index is 0.768. The van der Waals surface area contributed by atoms with Crippen LogP contribution in [0.3, 0.4) is 0 Å². The highest BCUT2D eigenvalue weighted by atomic mass is 15.2. The molecule has 0 radical (unpaired) electrons. The molecule has 3 heteroatoms. The van der Waals surface area contributed by atoms with Crippen LogP contribution in [-0.2, 0) is 0 Å². The number of nitrogens with zero attached hydrogens (tertiary/aromatic N) is 1. The molecule has 21 heavy (non-hydrogen) atoms. The monoisotopic (exact) mass is 293 g/mol. The molecule has 122 valence electrons. The van der Waals surface area contributed by atoms with Gasteiger partial charge in [-0.05, 0) is 64.6 Å². The van der Waals surface area contributed by atoms with Crippen LogP contribution in [0.2, 0.25) is 0 Å². The minimum Gasteiger partial charge on any atom is -0.314 e. The summed E-state index contributed by atoms with van der Waals surface area (Å²) in [6.07, 6.45) is 14.2. The normalized spacial score (nSPS) is 39.3. The zero-order valence-corrected chi connectivity index (χ0v) is 13.9. The number of likely N-dealkylation sites (N-methyl/N-ethyl adjacent to an activating group) is 1. The van der Waals surface area contributed by atoms with Gasteiger partial charge in [-0.25, -0.2) is 0 Å². The zero-order chi connectivity index (χ0) is 14.5. The molecule has 0 bridgehead atoms. The number of rotatable bonds is 4. The SMILES string of the molecule is CN1CCCCC1CNC1CCCCC1C1CCCCN1. The summed E-state index contributed by atoms with van der Waals surface area (Å²) in [4.78, 5) is 2.58. The molecule has 4 atom stereocenters. The van der Waals surface area contributed by atoms with Crippen LogP contribution in [-0.4, -0.2) is 49.7 Å². The molecular weight excluding hydrogens is 258 g/mol. The fourth-order valence-electron chi connectivity index (χ4n) is 4.83. The predicted octanol–water partition coefficient (Wildman–Crippen LogP) is 2.76. The first-order valence-corrected chi connectivity index (χ1v) is 9.51. The van der Waals surface area contributed by atoms with Crippen molar-refractivity contribution in [2.45, 2.75) is 82.3 Å². The molecule has 0 aromatic carbocycles. The summed E-state index contributed by atoms with van der Waals surface area (Å²) < 4.78 is 0. The maximum atomic E-state index is 3.99. The summed E-state index contributed by atoms with van der Waals surface area (Å²) in [6, 6.07) is 2.34. The van der Waals surface area contributed by atoms with E-state index in [4.69, 9.17) is 0 Å². The molecule has 1 saturated carbocycles. The molecule has 2 saturated heterocycles. The Bertz CT molecular complexity index is 301. The molecule has 3 aliphatic rings. The van der Waals surface area contributed by atoms with Crippen LogP contribution in [0.4, 0.5) is 0 Å². The maximum absolute atomic E-state index is 3.99. The molecule has 0 spiro atoms. The second-order valence-electron chi connectivity index (χ2n) is 7.65. The quantitative estimate of drug-likeness (QED) is 0.834. The highest BCUT2D eigenvalue weighted by Crippen LogP contribution is 2.30. The molecule has 0 amide bonds. The third-order valence-corrected chi connectivity index (χ3v) is 6.22. The summed E-state index contributed by atoms with van der Waals surface area (Å²) in [5, 5.41) is 7.80. The molecular formula is C18H35N3. The van der Waals surface area contributed by atoms with E-state index in [1.165, 1.54) is 83.8 Å². The van der Waals surface area contributed by atoms with Crippen molar-refractivity contribution in [3.05, 3.63) is 0 Å². The van der Waals surface area contributed by atoms with Crippen molar-refractivity contribution in [2.24, 2.45) is 5.92 Å². The molecule has 2 heterocycles. The van der Waals surface area contributed by atoms with Crippen LogP contribution < -0.4 is 10.6 Å². The van der Waals surface area contributed by atoms with Crippen LogP contribution in [0.25, 0.3) is 0 Å². The largest absolute Gasteiger partial charge is 0.314 e. The molecule has 3 rings (SSSR count). The first-order chi connectivity index (χ1) is 10.3. The number of likely N-dealkylation sites (tertiary alicyclic amines) is 1. The van der Waals surface area contributed by atoms with Crippen molar-refractivity contribution < 1.29 is 0 Å². The lowest BCUT2D eigenvalue weighted by molar-refractivity contribution is 0.146. The first kappa shape index (κ1) is 15.8. The average molecular weight is 293 g/mol. The summed E-state index contributed by atoms with van der Waals surface area (Å²) in [5.41, 5.74) is 0. The molecule has 4 unspecified atom stereocenters. The number of hydrogen-bond donors (Lipinski definition) is 2. The van der Waals surface area contributed by atoms with Gasteiger partial charge in [-0.1, -0.05) is 25.7 Å². The highest BCUT2D eigenvalue weighted by Gasteiger charge is 2.32. The van der Waals surface area contributed by atoms with Gasteiger partial charge in [0.1, 0.15) is 0 Å². The third kappa shape index (κ3) is 4.20. The van der Waals surface area contributed by atoms with E-state index in [2.05, 4.69) is 22.6 Å². The molecule has 0 aromatic heterocycles. The molecule has 2 aliphatic heterocycles. The van der Waals surface area contributed by atoms with Crippen LogP contribution in [0.1, 0.15) is 64.2 Å². The Balaban J connectivity index is 1.51. The Hall–Kier alpha value is -0.120. The average Bonchev–Trinajstić information content (AvgIpc) is 2.55. The van der Waals surface area contributed by atoms with Crippen molar-refractivity contribution in [3.8, 4) is 0 Å². The van der Waals surface area contributed by atoms with Gasteiger partial charge in [0.05, 0.1) is 0 Å². The molecule has 3 nitrogen and oxygen atoms in total. The number of piperidine rings is 2. The predicted molar refractivity (Wildman–Crippen MR) is 89.7 cm³/mol. The number of hydrogen-bond acceptors (Lipinski definition) is 3. The highest BCUT2D eigenvalue weighted by molar-refractivity contribution is 4.91. The van der Waals surface area contributed by atoms with Gasteiger partial charge in [0.15, 0.2) is 0 Å². The Kier molecular flexibility index (Phi) is 5.96. The van der Waals surface area contributed by atoms with E-state index >= 15 is 0 Å². The van der Waals surface area contributed by atoms with Crippen LogP contribution in [0.5, 0.6) is 0 Å². The fourth-order valence-corrected chi connectivity index (χ4v) is 4.83. The van der Waals surface area contributed by atoms with E-state index in [1.807, 2.05) is 0 Å².